The minimum atomic E-state index is -0.247. The van der Waals surface area contributed by atoms with Crippen molar-refractivity contribution in [2.24, 2.45) is 0 Å². The van der Waals surface area contributed by atoms with E-state index in [4.69, 9.17) is 0 Å². The first-order chi connectivity index (χ1) is 12.1. The Morgan fingerprint density at radius 1 is 1.32 bits per heavy atom. The molecule has 3 heterocycles. The average molecular weight is 356 g/mol. The molecule has 1 aliphatic rings. The molecule has 6 nitrogen and oxygen atoms in total. The molecule has 0 aliphatic carbocycles. The lowest BCUT2D eigenvalue weighted by atomic mass is 10.1. The molecule has 2 aromatic heterocycles. The second-order valence-electron chi connectivity index (χ2n) is 6.42. The Balaban J connectivity index is 1.50. The van der Waals surface area contributed by atoms with E-state index in [1.165, 1.54) is 4.88 Å². The van der Waals surface area contributed by atoms with Gasteiger partial charge in [0.25, 0.3) is 0 Å². The maximum absolute atomic E-state index is 12.7. The smallest absolute Gasteiger partial charge is 0.323 e. The Morgan fingerprint density at radius 2 is 2.16 bits per heavy atom. The Hall–Kier alpha value is -2.38. The molecule has 7 heteroatoms. The number of likely N-dealkylation sites (tertiary alicyclic amines) is 1. The monoisotopic (exact) mass is 356 g/mol. The fourth-order valence-corrected chi connectivity index (χ4v) is 4.43. The molecule has 1 aromatic carbocycles. The van der Waals surface area contributed by atoms with Crippen molar-refractivity contribution in [1.82, 2.24) is 14.9 Å². The van der Waals surface area contributed by atoms with E-state index in [0.717, 1.165) is 24.9 Å². The minimum Gasteiger partial charge on any atom is -0.325 e. The lowest BCUT2D eigenvalue weighted by Crippen LogP contribution is -2.41. The third-order valence-electron chi connectivity index (χ3n) is 4.83. The summed E-state index contributed by atoms with van der Waals surface area (Å²) in [7, 11) is 0. The molecule has 1 fully saturated rings. The first kappa shape index (κ1) is 16.1. The van der Waals surface area contributed by atoms with Crippen LogP contribution in [-0.4, -0.2) is 33.4 Å². The van der Waals surface area contributed by atoms with Gasteiger partial charge in [-0.3, -0.25) is 9.69 Å². The van der Waals surface area contributed by atoms with Crippen LogP contribution in [0, 0.1) is 0 Å². The highest BCUT2D eigenvalue weighted by molar-refractivity contribution is 7.10. The normalized spacial score (nSPS) is 19.3. The Kier molecular flexibility index (Phi) is 4.19. The summed E-state index contributed by atoms with van der Waals surface area (Å²) in [5.74, 6) is -0.0271. The third kappa shape index (κ3) is 3.12. The molecule has 0 bridgehead atoms. The van der Waals surface area contributed by atoms with E-state index in [1.54, 1.807) is 29.5 Å². The van der Waals surface area contributed by atoms with Gasteiger partial charge in [-0.15, -0.1) is 11.3 Å². The number of hydrogen-bond acceptors (Lipinski definition) is 4. The fourth-order valence-electron chi connectivity index (χ4n) is 3.55. The quantitative estimate of drug-likeness (QED) is 0.672. The maximum Gasteiger partial charge on any atom is 0.323 e. The van der Waals surface area contributed by atoms with Gasteiger partial charge in [0.2, 0.25) is 5.91 Å². The molecule has 3 N–H and O–H groups in total. The van der Waals surface area contributed by atoms with Gasteiger partial charge in [-0.05, 0) is 56.0 Å². The summed E-state index contributed by atoms with van der Waals surface area (Å²) in [5.41, 5.74) is 1.86. The van der Waals surface area contributed by atoms with Crippen LogP contribution in [0.2, 0.25) is 0 Å². The molecular formula is C18H20N4O2S. The van der Waals surface area contributed by atoms with Gasteiger partial charge in [-0.25, -0.2) is 4.79 Å². The van der Waals surface area contributed by atoms with Crippen molar-refractivity contribution >= 4 is 34.0 Å². The number of benzene rings is 1. The van der Waals surface area contributed by atoms with Gasteiger partial charge in [-0.2, -0.15) is 0 Å². The molecule has 0 unspecified atom stereocenters. The molecule has 1 aliphatic heterocycles. The lowest BCUT2D eigenvalue weighted by molar-refractivity contribution is -0.121. The number of rotatable bonds is 4. The Morgan fingerprint density at radius 3 is 2.96 bits per heavy atom. The first-order valence-corrected chi connectivity index (χ1v) is 9.32. The molecule has 25 heavy (non-hydrogen) atoms. The lowest BCUT2D eigenvalue weighted by Gasteiger charge is -2.29. The highest BCUT2D eigenvalue weighted by Crippen LogP contribution is 2.36. The van der Waals surface area contributed by atoms with Crippen LogP contribution < -0.4 is 11.0 Å². The van der Waals surface area contributed by atoms with E-state index in [2.05, 4.69) is 37.7 Å². The van der Waals surface area contributed by atoms with Crippen molar-refractivity contribution in [1.29, 1.82) is 0 Å². The van der Waals surface area contributed by atoms with E-state index in [9.17, 15) is 9.59 Å². The summed E-state index contributed by atoms with van der Waals surface area (Å²) in [5, 5.41) is 5.06. The molecule has 4 rings (SSSR count). The SMILES string of the molecule is C[C@@H](C(=O)Nc1ccc2[nH]c(=O)[nH]c2c1)N1CCC[C@@H]1c1cccs1. The highest BCUT2D eigenvalue weighted by Gasteiger charge is 2.33. The molecule has 2 atom stereocenters. The number of amides is 1. The van der Waals surface area contributed by atoms with Crippen LogP contribution >= 0.6 is 11.3 Å². The number of aromatic amines is 2. The van der Waals surface area contributed by atoms with Crippen LogP contribution in [0.3, 0.4) is 0 Å². The predicted octanol–water partition coefficient (Wildman–Crippen LogP) is 3.08. The van der Waals surface area contributed by atoms with Crippen LogP contribution in [0.4, 0.5) is 5.69 Å². The minimum absolute atomic E-state index is 0.0271. The van der Waals surface area contributed by atoms with E-state index in [1.807, 2.05) is 6.92 Å². The van der Waals surface area contributed by atoms with E-state index >= 15 is 0 Å². The zero-order valence-electron chi connectivity index (χ0n) is 13.9. The van der Waals surface area contributed by atoms with Crippen molar-refractivity contribution in [3.63, 3.8) is 0 Å². The molecule has 130 valence electrons. The summed E-state index contributed by atoms with van der Waals surface area (Å²) in [6.07, 6.45) is 2.20. The third-order valence-corrected chi connectivity index (χ3v) is 5.80. The first-order valence-electron chi connectivity index (χ1n) is 8.44. The Bertz CT molecular complexity index is 944. The van der Waals surface area contributed by atoms with Crippen molar-refractivity contribution in [2.45, 2.75) is 31.8 Å². The van der Waals surface area contributed by atoms with E-state index < -0.39 is 0 Å². The number of fused-ring (bicyclic) bond motifs is 1. The van der Waals surface area contributed by atoms with Gasteiger partial charge in [0.05, 0.1) is 17.1 Å². The highest BCUT2D eigenvalue weighted by atomic mass is 32.1. The largest absolute Gasteiger partial charge is 0.325 e. The topological polar surface area (TPSA) is 81.0 Å². The number of anilines is 1. The number of nitrogens with zero attached hydrogens (tertiary/aromatic N) is 1. The number of thiophene rings is 1. The van der Waals surface area contributed by atoms with Crippen molar-refractivity contribution < 1.29 is 4.79 Å². The number of nitrogens with one attached hydrogen (secondary N) is 3. The number of aromatic nitrogens is 2. The van der Waals surface area contributed by atoms with Gasteiger partial charge < -0.3 is 15.3 Å². The summed E-state index contributed by atoms with van der Waals surface area (Å²) >= 11 is 1.75. The molecule has 3 aromatic rings. The van der Waals surface area contributed by atoms with Crippen LogP contribution in [-0.2, 0) is 4.79 Å². The van der Waals surface area contributed by atoms with Crippen LogP contribution in [0.5, 0.6) is 0 Å². The predicted molar refractivity (Wildman–Crippen MR) is 100 cm³/mol. The summed E-state index contributed by atoms with van der Waals surface area (Å²) in [4.78, 5) is 33.1. The Labute approximate surface area is 148 Å². The molecule has 1 amide bonds. The van der Waals surface area contributed by atoms with Crippen molar-refractivity contribution in [3.05, 3.63) is 51.1 Å². The van der Waals surface area contributed by atoms with E-state index in [-0.39, 0.29) is 17.6 Å². The second-order valence-corrected chi connectivity index (χ2v) is 7.40. The zero-order valence-corrected chi connectivity index (χ0v) is 14.7. The second kappa shape index (κ2) is 6.50. The van der Waals surface area contributed by atoms with Crippen LogP contribution in [0.1, 0.15) is 30.7 Å². The number of H-pyrrole nitrogens is 2. The van der Waals surface area contributed by atoms with Gasteiger partial charge in [0.15, 0.2) is 0 Å². The van der Waals surface area contributed by atoms with Crippen molar-refractivity contribution in [2.75, 3.05) is 11.9 Å². The molecule has 0 saturated carbocycles. The molecular weight excluding hydrogens is 336 g/mol. The van der Waals surface area contributed by atoms with Gasteiger partial charge in [0, 0.05) is 16.6 Å². The standard InChI is InChI=1S/C18H20N4O2S/c1-11(22-8-2-4-15(22)16-5-3-9-25-16)17(23)19-12-6-7-13-14(10-12)21-18(24)20-13/h3,5-7,9-11,15H,2,4,8H2,1H3,(H,19,23)(H2,20,21,24)/t11-,15+/m0/s1. The molecule has 0 radical (unpaired) electrons. The van der Waals surface area contributed by atoms with Crippen molar-refractivity contribution in [3.8, 4) is 0 Å². The molecule has 0 spiro atoms. The average Bonchev–Trinajstić information content (AvgIpc) is 3.32. The summed E-state index contributed by atoms with van der Waals surface area (Å²) in [6.45, 7) is 2.89. The number of imidazole rings is 1. The summed E-state index contributed by atoms with van der Waals surface area (Å²) in [6, 6.07) is 9.69. The van der Waals surface area contributed by atoms with Gasteiger partial charge in [-0.1, -0.05) is 6.07 Å². The molecule has 1 saturated heterocycles. The van der Waals surface area contributed by atoms with Crippen LogP contribution in [0.25, 0.3) is 11.0 Å². The zero-order chi connectivity index (χ0) is 17.4. The fraction of sp³-hybridized carbons (Fsp3) is 0.333. The maximum atomic E-state index is 12.7. The van der Waals surface area contributed by atoms with Gasteiger partial charge >= 0.3 is 5.69 Å². The number of hydrogen-bond donors (Lipinski definition) is 3. The number of carbonyl (C=O) groups excluding carboxylic acids is 1. The van der Waals surface area contributed by atoms with E-state index in [0.29, 0.717) is 17.2 Å². The van der Waals surface area contributed by atoms with Gasteiger partial charge in [0.1, 0.15) is 0 Å². The summed E-state index contributed by atoms with van der Waals surface area (Å²) < 4.78 is 0. The van der Waals surface area contributed by atoms with Crippen LogP contribution in [0.15, 0.2) is 40.5 Å². The number of carbonyl (C=O) groups is 1.